The average Bonchev–Trinajstić information content (AvgIpc) is 3.25. The number of amides is 2. The molecule has 1 unspecified atom stereocenters. The molecule has 2 amide bonds. The summed E-state index contributed by atoms with van der Waals surface area (Å²) in [4.78, 5) is 41.5. The first kappa shape index (κ1) is 19.5. The molecule has 10 nitrogen and oxygen atoms in total. The molecule has 1 saturated heterocycles. The molecule has 0 radical (unpaired) electrons. The molecule has 3 N–H and O–H groups in total. The van der Waals surface area contributed by atoms with Crippen LogP contribution in [0, 0.1) is 16.0 Å². The highest BCUT2D eigenvalue weighted by atomic mass is 16.6. The van der Waals surface area contributed by atoms with Gasteiger partial charge in [-0.2, -0.15) is 0 Å². The zero-order chi connectivity index (χ0) is 20.1. The fourth-order valence-electron chi connectivity index (χ4n) is 3.32. The Labute approximate surface area is 161 Å². The molecule has 1 aromatic heterocycles. The van der Waals surface area contributed by atoms with Crippen LogP contribution in [-0.2, 0) is 4.79 Å². The number of carbonyl (C=O) groups excluding carboxylic acids is 2. The lowest BCUT2D eigenvalue weighted by atomic mass is 9.96. The van der Waals surface area contributed by atoms with Gasteiger partial charge in [-0.15, -0.1) is 0 Å². The first-order valence-corrected chi connectivity index (χ1v) is 9.05. The number of piperidine rings is 1. The summed E-state index contributed by atoms with van der Waals surface area (Å²) in [5.74, 6) is -0.745. The molecule has 1 aliphatic heterocycles. The lowest BCUT2D eigenvalue weighted by molar-refractivity contribution is -0.384. The molecule has 1 aliphatic rings. The maximum absolute atomic E-state index is 12.9. The van der Waals surface area contributed by atoms with Gasteiger partial charge in [0.25, 0.3) is 11.6 Å². The molecule has 1 fully saturated rings. The minimum absolute atomic E-state index is 0.121. The zero-order valence-electron chi connectivity index (χ0n) is 15.3. The fraction of sp³-hybridized carbons (Fsp3) is 0.389. The smallest absolute Gasteiger partial charge is 0.294 e. The molecule has 0 spiro atoms. The standard InChI is InChI=1S/C18H22N6O4/c19-5-6-21-17(25)14-2-1-8-22(11-14)18(26)13-3-4-15(16(10-13)24(27)28)23-9-7-20-12-23/h3-4,7,9-10,12,14H,1-2,5-6,8,11,19H2,(H,21,25). The Balaban J connectivity index is 1.79. The van der Waals surface area contributed by atoms with Crippen molar-refractivity contribution in [2.75, 3.05) is 26.2 Å². The van der Waals surface area contributed by atoms with Crippen LogP contribution in [0.5, 0.6) is 0 Å². The van der Waals surface area contributed by atoms with Crippen LogP contribution in [0.15, 0.2) is 36.9 Å². The van der Waals surface area contributed by atoms with E-state index in [-0.39, 0.29) is 35.5 Å². The fourth-order valence-corrected chi connectivity index (χ4v) is 3.32. The second-order valence-electron chi connectivity index (χ2n) is 6.60. The van der Waals surface area contributed by atoms with E-state index in [9.17, 15) is 19.7 Å². The molecule has 10 heteroatoms. The van der Waals surface area contributed by atoms with Gasteiger partial charge in [0.1, 0.15) is 5.69 Å². The third kappa shape index (κ3) is 4.17. The summed E-state index contributed by atoms with van der Waals surface area (Å²) in [5.41, 5.74) is 5.77. The maximum atomic E-state index is 12.9. The summed E-state index contributed by atoms with van der Waals surface area (Å²) in [5, 5.41) is 14.2. The molecular weight excluding hydrogens is 364 g/mol. The number of nitro groups is 1. The summed E-state index contributed by atoms with van der Waals surface area (Å²) < 4.78 is 1.52. The third-order valence-corrected chi connectivity index (χ3v) is 4.72. The van der Waals surface area contributed by atoms with E-state index < -0.39 is 4.92 Å². The van der Waals surface area contributed by atoms with E-state index in [2.05, 4.69) is 10.3 Å². The molecule has 148 valence electrons. The van der Waals surface area contributed by atoms with E-state index in [0.29, 0.717) is 38.2 Å². The summed E-state index contributed by atoms with van der Waals surface area (Å²) in [6.07, 6.45) is 5.96. The predicted octanol–water partition coefficient (Wildman–Crippen LogP) is 0.708. The zero-order valence-corrected chi connectivity index (χ0v) is 15.3. The number of imidazole rings is 1. The van der Waals surface area contributed by atoms with Crippen LogP contribution in [0.2, 0.25) is 0 Å². The number of nitro benzene ring substituents is 1. The number of carbonyl (C=O) groups is 2. The molecular formula is C18H22N6O4. The number of aromatic nitrogens is 2. The third-order valence-electron chi connectivity index (χ3n) is 4.72. The van der Waals surface area contributed by atoms with Crippen molar-refractivity contribution in [1.29, 1.82) is 0 Å². The van der Waals surface area contributed by atoms with E-state index in [4.69, 9.17) is 5.73 Å². The molecule has 0 bridgehead atoms. The van der Waals surface area contributed by atoms with E-state index in [0.717, 1.165) is 0 Å². The van der Waals surface area contributed by atoms with Crippen LogP contribution in [0.25, 0.3) is 5.69 Å². The minimum Gasteiger partial charge on any atom is -0.355 e. The molecule has 2 heterocycles. The van der Waals surface area contributed by atoms with Gasteiger partial charge in [-0.25, -0.2) is 4.98 Å². The van der Waals surface area contributed by atoms with E-state index in [1.165, 1.54) is 29.2 Å². The highest BCUT2D eigenvalue weighted by Crippen LogP contribution is 2.26. The van der Waals surface area contributed by atoms with Crippen molar-refractivity contribution in [2.45, 2.75) is 12.8 Å². The lowest BCUT2D eigenvalue weighted by Crippen LogP contribution is -2.46. The minimum atomic E-state index is -0.522. The number of rotatable bonds is 6. The van der Waals surface area contributed by atoms with E-state index >= 15 is 0 Å². The normalized spacial score (nSPS) is 16.6. The van der Waals surface area contributed by atoms with Crippen molar-refractivity contribution < 1.29 is 14.5 Å². The van der Waals surface area contributed by atoms with Crippen LogP contribution >= 0.6 is 0 Å². The second kappa shape index (κ2) is 8.61. The Morgan fingerprint density at radius 2 is 2.21 bits per heavy atom. The van der Waals surface area contributed by atoms with Crippen LogP contribution in [-0.4, -0.2) is 57.4 Å². The van der Waals surface area contributed by atoms with Crippen molar-refractivity contribution in [3.05, 3.63) is 52.6 Å². The summed E-state index contributed by atoms with van der Waals surface area (Å²) in [6, 6.07) is 4.36. The van der Waals surface area contributed by atoms with Gasteiger partial charge < -0.3 is 20.5 Å². The Kier molecular flexibility index (Phi) is 5.99. The van der Waals surface area contributed by atoms with Gasteiger partial charge >= 0.3 is 0 Å². The first-order valence-electron chi connectivity index (χ1n) is 9.05. The van der Waals surface area contributed by atoms with Crippen molar-refractivity contribution in [3.8, 4) is 5.69 Å². The molecule has 1 atom stereocenters. The number of likely N-dealkylation sites (tertiary alicyclic amines) is 1. The first-order chi connectivity index (χ1) is 13.5. The predicted molar refractivity (Wildman–Crippen MR) is 101 cm³/mol. The highest BCUT2D eigenvalue weighted by molar-refractivity contribution is 5.96. The molecule has 0 aliphatic carbocycles. The molecule has 0 saturated carbocycles. The van der Waals surface area contributed by atoms with Crippen LogP contribution < -0.4 is 11.1 Å². The highest BCUT2D eigenvalue weighted by Gasteiger charge is 2.29. The van der Waals surface area contributed by atoms with Gasteiger partial charge in [-0.05, 0) is 25.0 Å². The van der Waals surface area contributed by atoms with Crippen LogP contribution in [0.1, 0.15) is 23.2 Å². The van der Waals surface area contributed by atoms with Crippen molar-refractivity contribution in [2.24, 2.45) is 11.7 Å². The van der Waals surface area contributed by atoms with Gasteiger partial charge in [0.05, 0.1) is 17.2 Å². The van der Waals surface area contributed by atoms with Gasteiger partial charge in [0.15, 0.2) is 0 Å². The molecule has 2 aromatic rings. The number of nitrogens with two attached hydrogens (primary N) is 1. The van der Waals surface area contributed by atoms with E-state index in [1.807, 2.05) is 0 Å². The van der Waals surface area contributed by atoms with E-state index in [1.54, 1.807) is 17.2 Å². The topological polar surface area (TPSA) is 136 Å². The monoisotopic (exact) mass is 386 g/mol. The number of benzene rings is 1. The number of nitrogens with zero attached hydrogens (tertiary/aromatic N) is 4. The maximum Gasteiger partial charge on any atom is 0.294 e. The van der Waals surface area contributed by atoms with Gasteiger partial charge in [0.2, 0.25) is 5.91 Å². The average molecular weight is 386 g/mol. The molecule has 28 heavy (non-hydrogen) atoms. The summed E-state index contributed by atoms with van der Waals surface area (Å²) >= 11 is 0. The van der Waals surface area contributed by atoms with Gasteiger partial charge in [-0.1, -0.05) is 0 Å². The van der Waals surface area contributed by atoms with Crippen molar-refractivity contribution >= 4 is 17.5 Å². The second-order valence-corrected chi connectivity index (χ2v) is 6.60. The quantitative estimate of drug-likeness (QED) is 0.554. The van der Waals surface area contributed by atoms with Crippen molar-refractivity contribution in [1.82, 2.24) is 19.8 Å². The Morgan fingerprint density at radius 3 is 2.89 bits per heavy atom. The number of hydrogen-bond donors (Lipinski definition) is 2. The Hall–Kier alpha value is -3.27. The lowest BCUT2D eigenvalue weighted by Gasteiger charge is -2.32. The number of hydrogen-bond acceptors (Lipinski definition) is 6. The number of nitrogens with one attached hydrogen (secondary N) is 1. The largest absolute Gasteiger partial charge is 0.355 e. The van der Waals surface area contributed by atoms with Crippen molar-refractivity contribution in [3.63, 3.8) is 0 Å². The van der Waals surface area contributed by atoms with Gasteiger partial charge in [-0.3, -0.25) is 19.7 Å². The molecule has 1 aromatic carbocycles. The summed E-state index contributed by atoms with van der Waals surface area (Å²) in [6.45, 7) is 1.54. The molecule has 3 rings (SSSR count). The Bertz CT molecular complexity index is 867. The van der Waals surface area contributed by atoms with Crippen LogP contribution in [0.4, 0.5) is 5.69 Å². The Morgan fingerprint density at radius 1 is 1.39 bits per heavy atom. The van der Waals surface area contributed by atoms with Gasteiger partial charge in [0, 0.05) is 50.2 Å². The SMILES string of the molecule is NCCNC(=O)C1CCCN(C(=O)c2ccc(-n3ccnc3)c([N+](=O)[O-])c2)C1. The van der Waals surface area contributed by atoms with Crippen LogP contribution in [0.3, 0.4) is 0 Å². The summed E-state index contributed by atoms with van der Waals surface area (Å²) in [7, 11) is 0.